The van der Waals surface area contributed by atoms with Gasteiger partial charge in [-0.25, -0.2) is 4.98 Å². The summed E-state index contributed by atoms with van der Waals surface area (Å²) >= 11 is 0. The lowest BCUT2D eigenvalue weighted by Crippen LogP contribution is -2.29. The van der Waals surface area contributed by atoms with Gasteiger partial charge in [0.25, 0.3) is 5.69 Å². The van der Waals surface area contributed by atoms with E-state index in [-0.39, 0.29) is 16.0 Å². The highest BCUT2D eigenvalue weighted by atomic mass is 16.6. The molecule has 3 aromatic rings. The molecule has 1 aliphatic heterocycles. The van der Waals surface area contributed by atoms with Crippen LogP contribution in [0.5, 0.6) is 5.75 Å². The zero-order chi connectivity index (χ0) is 27.9. The van der Waals surface area contributed by atoms with Crippen molar-refractivity contribution in [1.82, 2.24) is 19.9 Å². The van der Waals surface area contributed by atoms with Crippen LogP contribution in [0.25, 0.3) is 0 Å². The predicted molar refractivity (Wildman–Crippen MR) is 153 cm³/mol. The van der Waals surface area contributed by atoms with Crippen LogP contribution in [0.15, 0.2) is 36.5 Å². The van der Waals surface area contributed by atoms with Crippen LogP contribution in [0.4, 0.5) is 34.5 Å². The second-order valence-corrected chi connectivity index (χ2v) is 11.2. The highest BCUT2D eigenvalue weighted by Gasteiger charge is 2.39. The van der Waals surface area contributed by atoms with Gasteiger partial charge in [-0.05, 0) is 45.1 Å². The third kappa shape index (κ3) is 5.44. The fraction of sp³-hybridized carbons (Fsp3) is 0.464. The van der Waals surface area contributed by atoms with E-state index in [9.17, 15) is 10.1 Å². The third-order valence-corrected chi connectivity index (χ3v) is 7.33. The minimum atomic E-state index is -0.379. The first-order valence-electron chi connectivity index (χ1n) is 13.2. The molecule has 3 heterocycles. The Labute approximate surface area is 229 Å². The number of benzene rings is 1. The van der Waals surface area contributed by atoms with Gasteiger partial charge in [0.2, 0.25) is 5.95 Å². The zero-order valence-corrected chi connectivity index (χ0v) is 23.4. The Bertz CT molecular complexity index is 1390. The summed E-state index contributed by atoms with van der Waals surface area (Å²) in [5.74, 6) is 2.11. The normalized spacial score (nSPS) is 15.8. The first-order valence-corrected chi connectivity index (χ1v) is 13.2. The Kier molecular flexibility index (Phi) is 7.02. The summed E-state index contributed by atoms with van der Waals surface area (Å²) in [6, 6.07) is 9.31. The molecular formula is C28H36N8O3. The van der Waals surface area contributed by atoms with Gasteiger partial charge < -0.3 is 24.8 Å². The first-order chi connectivity index (χ1) is 18.6. The van der Waals surface area contributed by atoms with E-state index < -0.39 is 0 Å². The second kappa shape index (κ2) is 10.3. The average molecular weight is 533 g/mol. The summed E-state index contributed by atoms with van der Waals surface area (Å²) in [7, 11) is 7.31. The lowest BCUT2D eigenvalue weighted by Gasteiger charge is -2.23. The number of likely N-dealkylation sites (N-methyl/N-ethyl adjacent to an activating group) is 2. The van der Waals surface area contributed by atoms with Gasteiger partial charge in [-0.3, -0.25) is 15.1 Å². The van der Waals surface area contributed by atoms with Gasteiger partial charge in [-0.2, -0.15) is 4.98 Å². The number of fused-ring (bicyclic) bond motifs is 1. The van der Waals surface area contributed by atoms with Gasteiger partial charge in [0, 0.05) is 62.0 Å². The summed E-state index contributed by atoms with van der Waals surface area (Å²) in [5, 5.41) is 15.2. The summed E-state index contributed by atoms with van der Waals surface area (Å²) in [4.78, 5) is 31.9. The van der Waals surface area contributed by atoms with Crippen molar-refractivity contribution in [3.8, 4) is 5.75 Å². The molecule has 0 atom stereocenters. The number of nitro groups is 1. The van der Waals surface area contributed by atoms with E-state index in [0.29, 0.717) is 35.5 Å². The van der Waals surface area contributed by atoms with E-state index in [0.717, 1.165) is 30.3 Å². The highest BCUT2D eigenvalue weighted by molar-refractivity contribution is 5.77. The molecule has 1 aliphatic carbocycles. The fourth-order valence-corrected chi connectivity index (χ4v) is 4.98. The van der Waals surface area contributed by atoms with Crippen LogP contribution in [0.1, 0.15) is 44.0 Å². The van der Waals surface area contributed by atoms with Gasteiger partial charge in [0.05, 0.1) is 29.1 Å². The SMILES string of the molecule is COc1cc(N(C)CCN(C)C)c([N+](=O)[O-])cc1Nc1nccc(N2CC(C)(C)c3nc(C4CC4)ccc32)n1. The van der Waals surface area contributed by atoms with E-state index in [1.165, 1.54) is 24.6 Å². The number of methoxy groups -OCH3 is 1. The minimum absolute atomic E-state index is 0.0246. The van der Waals surface area contributed by atoms with E-state index in [1.807, 2.05) is 37.0 Å². The van der Waals surface area contributed by atoms with Gasteiger partial charge in [-0.1, -0.05) is 13.8 Å². The summed E-state index contributed by atoms with van der Waals surface area (Å²) < 4.78 is 5.61. The number of hydrogen-bond acceptors (Lipinski definition) is 10. The molecule has 0 amide bonds. The monoisotopic (exact) mass is 532 g/mol. The van der Waals surface area contributed by atoms with E-state index in [1.54, 1.807) is 19.4 Å². The maximum absolute atomic E-state index is 12.0. The fourth-order valence-electron chi connectivity index (χ4n) is 4.98. The summed E-state index contributed by atoms with van der Waals surface area (Å²) in [6.07, 6.45) is 4.11. The molecule has 2 aromatic heterocycles. The van der Waals surface area contributed by atoms with Crippen molar-refractivity contribution >= 4 is 34.5 Å². The quantitative estimate of drug-likeness (QED) is 0.287. The molecule has 5 rings (SSSR count). The van der Waals surface area contributed by atoms with Gasteiger partial charge in [0.15, 0.2) is 0 Å². The summed E-state index contributed by atoms with van der Waals surface area (Å²) in [6.45, 7) is 6.53. The van der Waals surface area contributed by atoms with Crippen molar-refractivity contribution in [3.63, 3.8) is 0 Å². The molecule has 1 N–H and O–H groups in total. The van der Waals surface area contributed by atoms with Crippen molar-refractivity contribution in [2.75, 3.05) is 63.0 Å². The number of nitrogens with one attached hydrogen (secondary N) is 1. The number of hydrogen-bond donors (Lipinski definition) is 1. The number of pyridine rings is 1. The zero-order valence-electron chi connectivity index (χ0n) is 23.4. The molecule has 1 saturated carbocycles. The van der Waals surface area contributed by atoms with Crippen molar-refractivity contribution in [2.24, 2.45) is 0 Å². The summed E-state index contributed by atoms with van der Waals surface area (Å²) in [5.41, 5.74) is 4.06. The molecule has 2 aliphatic rings. The number of nitro benzene ring substituents is 1. The number of aromatic nitrogens is 3. The standard InChI is InChI=1S/C28H36N8O3/c1-28(2)17-35(21-10-9-19(18-7-8-18)30-26(21)28)25-11-12-29-27(32-25)31-20-15-23(36(37)38)22(16-24(20)39-6)34(5)14-13-33(3)4/h9-12,15-16,18H,7-8,13-14,17H2,1-6H3,(H,29,31,32). The van der Waals surface area contributed by atoms with Crippen LogP contribution in [-0.4, -0.2) is 72.7 Å². The largest absolute Gasteiger partial charge is 0.494 e. The van der Waals surface area contributed by atoms with E-state index in [2.05, 4.69) is 41.2 Å². The molecule has 0 unspecified atom stereocenters. The van der Waals surface area contributed by atoms with Crippen LogP contribution in [0.3, 0.4) is 0 Å². The third-order valence-electron chi connectivity index (χ3n) is 7.33. The molecule has 1 aromatic carbocycles. The molecule has 0 saturated heterocycles. The van der Waals surface area contributed by atoms with Crippen molar-refractivity contribution in [3.05, 3.63) is 58.0 Å². The molecule has 39 heavy (non-hydrogen) atoms. The Balaban J connectivity index is 1.44. The predicted octanol–water partition coefficient (Wildman–Crippen LogP) is 4.84. The average Bonchev–Trinajstić information content (AvgIpc) is 3.72. The molecule has 11 heteroatoms. The van der Waals surface area contributed by atoms with Crippen LogP contribution >= 0.6 is 0 Å². The molecule has 0 spiro atoms. The number of anilines is 5. The Morgan fingerprint density at radius 2 is 1.92 bits per heavy atom. The topological polar surface area (TPSA) is 113 Å². The van der Waals surface area contributed by atoms with Crippen molar-refractivity contribution in [1.29, 1.82) is 0 Å². The van der Waals surface area contributed by atoms with Gasteiger partial charge in [0.1, 0.15) is 17.3 Å². The maximum Gasteiger partial charge on any atom is 0.294 e. The van der Waals surface area contributed by atoms with Gasteiger partial charge in [-0.15, -0.1) is 0 Å². The number of ether oxygens (including phenoxy) is 1. The van der Waals surface area contributed by atoms with E-state index in [4.69, 9.17) is 14.7 Å². The number of rotatable bonds is 10. The van der Waals surface area contributed by atoms with Crippen LogP contribution < -0.4 is 19.9 Å². The Morgan fingerprint density at radius 3 is 2.59 bits per heavy atom. The highest BCUT2D eigenvalue weighted by Crippen LogP contribution is 2.46. The van der Waals surface area contributed by atoms with Gasteiger partial charge >= 0.3 is 0 Å². The molecule has 0 radical (unpaired) electrons. The number of nitrogens with zero attached hydrogens (tertiary/aromatic N) is 7. The Hall–Kier alpha value is -3.99. The molecule has 206 valence electrons. The molecule has 11 nitrogen and oxygen atoms in total. The molecule has 0 bridgehead atoms. The Morgan fingerprint density at radius 1 is 1.15 bits per heavy atom. The maximum atomic E-state index is 12.0. The van der Waals surface area contributed by atoms with Crippen LogP contribution in [0, 0.1) is 10.1 Å². The first kappa shape index (κ1) is 26.6. The second-order valence-electron chi connectivity index (χ2n) is 11.2. The van der Waals surface area contributed by atoms with Crippen LogP contribution in [0.2, 0.25) is 0 Å². The lowest BCUT2D eigenvalue weighted by molar-refractivity contribution is -0.384. The van der Waals surface area contributed by atoms with E-state index >= 15 is 0 Å². The van der Waals surface area contributed by atoms with Crippen LogP contribution in [-0.2, 0) is 5.41 Å². The minimum Gasteiger partial charge on any atom is -0.494 e. The molecule has 1 fully saturated rings. The molecular weight excluding hydrogens is 496 g/mol. The van der Waals surface area contributed by atoms with Crippen molar-refractivity contribution < 1.29 is 9.66 Å². The smallest absolute Gasteiger partial charge is 0.294 e. The van der Waals surface area contributed by atoms with Crippen molar-refractivity contribution in [2.45, 2.75) is 38.0 Å². The lowest BCUT2D eigenvalue weighted by atomic mass is 9.91.